The van der Waals surface area contributed by atoms with Crippen LogP contribution in [0.4, 0.5) is 11.4 Å². The molecular weight excluding hydrogens is 392 g/mol. The van der Waals surface area contributed by atoms with E-state index < -0.39 is 4.92 Å². The molecule has 1 heterocycles. The maximum absolute atomic E-state index is 11.1. The standard InChI is InChI=1S/C20H16N4O4S/c1-27-18-8-7-13(9-19(18)28-2)16-12-29-20(23-16)14(10-21)11-22-15-5-3-4-6-17(15)24(25)26/h3-9,11-12,22H,1-2H3/b14-11+. The third-order valence-corrected chi connectivity index (χ3v) is 4.88. The molecular formula is C20H16N4O4S. The van der Waals surface area contributed by atoms with Crippen LogP contribution in [0.2, 0.25) is 0 Å². The first kappa shape index (κ1) is 19.9. The highest BCUT2D eigenvalue weighted by Gasteiger charge is 2.14. The van der Waals surface area contributed by atoms with Gasteiger partial charge in [-0.3, -0.25) is 10.1 Å². The minimum absolute atomic E-state index is 0.0776. The maximum Gasteiger partial charge on any atom is 0.292 e. The molecule has 0 saturated carbocycles. The largest absolute Gasteiger partial charge is 0.493 e. The second kappa shape index (κ2) is 8.86. The van der Waals surface area contributed by atoms with E-state index >= 15 is 0 Å². The molecule has 0 unspecified atom stereocenters. The lowest BCUT2D eigenvalue weighted by Gasteiger charge is -2.08. The Hall–Kier alpha value is -3.90. The molecule has 0 radical (unpaired) electrons. The first-order valence-corrected chi connectivity index (χ1v) is 9.24. The predicted octanol–water partition coefficient (Wildman–Crippen LogP) is 4.71. The number of para-hydroxylation sites is 2. The van der Waals surface area contributed by atoms with Crippen LogP contribution in [0.5, 0.6) is 11.5 Å². The minimum atomic E-state index is -0.485. The number of hydrogen-bond donors (Lipinski definition) is 1. The molecule has 1 N–H and O–H groups in total. The van der Waals surface area contributed by atoms with Gasteiger partial charge in [0.2, 0.25) is 0 Å². The van der Waals surface area contributed by atoms with E-state index in [0.717, 1.165) is 5.56 Å². The summed E-state index contributed by atoms with van der Waals surface area (Å²) in [5.41, 5.74) is 1.97. The van der Waals surface area contributed by atoms with E-state index in [4.69, 9.17) is 9.47 Å². The second-order valence-corrected chi connectivity index (χ2v) is 6.55. The summed E-state index contributed by atoms with van der Waals surface area (Å²) in [6.45, 7) is 0. The van der Waals surface area contributed by atoms with Crippen LogP contribution in [-0.4, -0.2) is 24.1 Å². The molecule has 3 aromatic rings. The summed E-state index contributed by atoms with van der Waals surface area (Å²) in [7, 11) is 3.12. The van der Waals surface area contributed by atoms with Gasteiger partial charge in [-0.25, -0.2) is 4.98 Å². The van der Waals surface area contributed by atoms with Gasteiger partial charge in [0.25, 0.3) is 5.69 Å². The Morgan fingerprint density at radius 2 is 2.00 bits per heavy atom. The maximum atomic E-state index is 11.1. The van der Waals surface area contributed by atoms with Crippen LogP contribution in [0, 0.1) is 21.4 Å². The van der Waals surface area contributed by atoms with E-state index in [1.807, 2.05) is 11.4 Å². The normalized spacial score (nSPS) is 10.9. The highest BCUT2D eigenvalue weighted by Crippen LogP contribution is 2.33. The Kier molecular flexibility index (Phi) is 6.06. The summed E-state index contributed by atoms with van der Waals surface area (Å²) in [5.74, 6) is 1.19. The molecule has 0 bridgehead atoms. The molecule has 0 aliphatic carbocycles. The van der Waals surface area contributed by atoms with Gasteiger partial charge >= 0.3 is 0 Å². The van der Waals surface area contributed by atoms with Crippen LogP contribution in [0.25, 0.3) is 16.8 Å². The van der Waals surface area contributed by atoms with Crippen molar-refractivity contribution >= 4 is 28.3 Å². The molecule has 0 aliphatic heterocycles. The molecule has 0 spiro atoms. The number of methoxy groups -OCH3 is 2. The van der Waals surface area contributed by atoms with Gasteiger partial charge in [0.05, 0.1) is 24.8 Å². The fourth-order valence-corrected chi connectivity index (χ4v) is 3.37. The summed E-state index contributed by atoms with van der Waals surface area (Å²) in [6.07, 6.45) is 1.42. The van der Waals surface area contributed by atoms with Gasteiger partial charge in [0.15, 0.2) is 11.5 Å². The summed E-state index contributed by atoms with van der Waals surface area (Å²) >= 11 is 1.30. The highest BCUT2D eigenvalue weighted by atomic mass is 32.1. The van der Waals surface area contributed by atoms with Gasteiger partial charge in [-0.15, -0.1) is 11.3 Å². The Bertz CT molecular complexity index is 1120. The third-order valence-electron chi connectivity index (χ3n) is 4.01. The number of aromatic nitrogens is 1. The molecule has 1 aromatic heterocycles. The van der Waals surface area contributed by atoms with E-state index in [1.54, 1.807) is 44.6 Å². The predicted molar refractivity (Wildman–Crippen MR) is 111 cm³/mol. The zero-order valence-corrected chi connectivity index (χ0v) is 16.4. The zero-order chi connectivity index (χ0) is 20.8. The Labute approximate surface area is 170 Å². The lowest BCUT2D eigenvalue weighted by atomic mass is 10.1. The summed E-state index contributed by atoms with van der Waals surface area (Å²) in [5, 5.41) is 25.8. The molecule has 9 heteroatoms. The number of nitrogens with one attached hydrogen (secondary N) is 1. The number of thiazole rings is 1. The molecule has 0 saturated heterocycles. The smallest absolute Gasteiger partial charge is 0.292 e. The quantitative estimate of drug-likeness (QED) is 0.342. The van der Waals surface area contributed by atoms with Crippen molar-refractivity contribution in [3.8, 4) is 28.8 Å². The monoisotopic (exact) mass is 408 g/mol. The van der Waals surface area contributed by atoms with Crippen molar-refractivity contribution in [3.63, 3.8) is 0 Å². The van der Waals surface area contributed by atoms with E-state index in [0.29, 0.717) is 27.9 Å². The fourth-order valence-electron chi connectivity index (χ4n) is 2.57. The molecule has 0 aliphatic rings. The van der Waals surface area contributed by atoms with E-state index in [1.165, 1.54) is 23.6 Å². The number of ether oxygens (including phenoxy) is 2. The van der Waals surface area contributed by atoms with Crippen molar-refractivity contribution in [3.05, 3.63) is 69.2 Å². The first-order valence-electron chi connectivity index (χ1n) is 8.36. The van der Waals surface area contributed by atoms with Crippen LogP contribution >= 0.6 is 11.3 Å². The molecule has 2 aromatic carbocycles. The highest BCUT2D eigenvalue weighted by molar-refractivity contribution is 7.11. The SMILES string of the molecule is COc1ccc(-c2csc(/C(C#N)=C/Nc3ccccc3[N+](=O)[O-])n2)cc1OC. The van der Waals surface area contributed by atoms with Crippen LogP contribution in [-0.2, 0) is 0 Å². The molecule has 3 rings (SSSR count). The van der Waals surface area contributed by atoms with Crippen molar-refractivity contribution in [2.24, 2.45) is 0 Å². The topological polar surface area (TPSA) is 110 Å². The molecule has 0 atom stereocenters. The average Bonchev–Trinajstić information content (AvgIpc) is 3.24. The first-order chi connectivity index (χ1) is 14.1. The number of nitro benzene ring substituents is 1. The average molecular weight is 408 g/mol. The Morgan fingerprint density at radius 1 is 1.24 bits per heavy atom. The van der Waals surface area contributed by atoms with Gasteiger partial charge in [0, 0.05) is 23.2 Å². The van der Waals surface area contributed by atoms with Crippen molar-refractivity contribution in [1.82, 2.24) is 4.98 Å². The number of allylic oxidation sites excluding steroid dienone is 1. The Morgan fingerprint density at radius 3 is 2.69 bits per heavy atom. The summed E-state index contributed by atoms with van der Waals surface area (Å²) < 4.78 is 10.6. The number of benzene rings is 2. The van der Waals surface area contributed by atoms with Crippen LogP contribution in [0.1, 0.15) is 5.01 Å². The van der Waals surface area contributed by atoms with Gasteiger partial charge < -0.3 is 14.8 Å². The summed E-state index contributed by atoms with van der Waals surface area (Å²) in [4.78, 5) is 15.1. The molecule has 8 nitrogen and oxygen atoms in total. The molecule has 0 fully saturated rings. The number of nitro groups is 1. The zero-order valence-electron chi connectivity index (χ0n) is 15.6. The van der Waals surface area contributed by atoms with Crippen molar-refractivity contribution < 1.29 is 14.4 Å². The lowest BCUT2D eigenvalue weighted by Crippen LogP contribution is -1.96. The number of nitriles is 1. The van der Waals surface area contributed by atoms with Crippen molar-refractivity contribution in [2.75, 3.05) is 19.5 Å². The fraction of sp³-hybridized carbons (Fsp3) is 0.100. The van der Waals surface area contributed by atoms with Gasteiger partial charge in [-0.05, 0) is 24.3 Å². The van der Waals surface area contributed by atoms with E-state index in [-0.39, 0.29) is 11.3 Å². The molecule has 0 amide bonds. The van der Waals surface area contributed by atoms with Gasteiger partial charge in [-0.1, -0.05) is 12.1 Å². The van der Waals surface area contributed by atoms with Gasteiger partial charge in [0.1, 0.15) is 22.3 Å². The number of nitrogens with zero attached hydrogens (tertiary/aromatic N) is 3. The summed E-state index contributed by atoms with van der Waals surface area (Å²) in [6, 6.07) is 13.7. The van der Waals surface area contributed by atoms with Crippen molar-refractivity contribution in [1.29, 1.82) is 5.26 Å². The van der Waals surface area contributed by atoms with Crippen molar-refractivity contribution in [2.45, 2.75) is 0 Å². The van der Waals surface area contributed by atoms with E-state index in [9.17, 15) is 15.4 Å². The minimum Gasteiger partial charge on any atom is -0.493 e. The number of anilines is 1. The van der Waals surface area contributed by atoms with E-state index in [2.05, 4.69) is 16.4 Å². The van der Waals surface area contributed by atoms with Gasteiger partial charge in [-0.2, -0.15) is 5.26 Å². The van der Waals surface area contributed by atoms with Crippen LogP contribution < -0.4 is 14.8 Å². The third kappa shape index (κ3) is 4.34. The van der Waals surface area contributed by atoms with Crippen LogP contribution in [0.15, 0.2) is 54.0 Å². The number of rotatable bonds is 7. The molecule has 146 valence electrons. The second-order valence-electron chi connectivity index (χ2n) is 5.70. The Balaban J connectivity index is 1.88. The number of hydrogen-bond acceptors (Lipinski definition) is 8. The molecule has 29 heavy (non-hydrogen) atoms. The lowest BCUT2D eigenvalue weighted by molar-refractivity contribution is -0.383. The van der Waals surface area contributed by atoms with Crippen LogP contribution in [0.3, 0.4) is 0 Å².